The highest BCUT2D eigenvalue weighted by Gasteiger charge is 2.28. The monoisotopic (exact) mass is 636 g/mol. The molecule has 0 bridgehead atoms. The fourth-order valence-corrected chi connectivity index (χ4v) is 7.73. The van der Waals surface area contributed by atoms with Gasteiger partial charge >= 0.3 is 0 Å². The number of nitrogens with one attached hydrogen (secondary N) is 3. The molecule has 0 radical (unpaired) electrons. The number of hydrogen-bond donors (Lipinski definition) is 6. The van der Waals surface area contributed by atoms with Gasteiger partial charge in [-0.05, 0) is 71.9 Å². The number of halogens is 1. The van der Waals surface area contributed by atoms with Crippen molar-refractivity contribution in [1.82, 2.24) is 10.6 Å². The molecule has 2 aromatic carbocycles. The molecule has 1 aliphatic heterocycles. The predicted molar refractivity (Wildman–Crippen MR) is 166 cm³/mol. The Morgan fingerprint density at radius 3 is 2.64 bits per heavy atom. The van der Waals surface area contributed by atoms with Gasteiger partial charge in [0.1, 0.15) is 0 Å². The number of benzene rings is 2. The number of hydrogen-bond acceptors (Lipinski definition) is 8. The molecule has 1 amide bonds. The van der Waals surface area contributed by atoms with Crippen LogP contribution in [0.3, 0.4) is 0 Å². The summed E-state index contributed by atoms with van der Waals surface area (Å²) < 4.78 is 24.0. The lowest BCUT2D eigenvalue weighted by molar-refractivity contribution is 0.0830. The molecule has 11 heteroatoms. The van der Waals surface area contributed by atoms with Gasteiger partial charge < -0.3 is 21.1 Å². The van der Waals surface area contributed by atoms with Crippen molar-refractivity contribution in [3.63, 3.8) is 0 Å². The van der Waals surface area contributed by atoms with Crippen LogP contribution >= 0.6 is 38.0 Å². The third kappa shape index (κ3) is 8.43. The van der Waals surface area contributed by atoms with Crippen LogP contribution in [0.5, 0.6) is 0 Å². The molecule has 1 saturated heterocycles. The Hall–Kier alpha value is -2.12. The summed E-state index contributed by atoms with van der Waals surface area (Å²) in [5.41, 5.74) is 2.73. The molecular weight excluding hydrogens is 600 g/mol. The lowest BCUT2D eigenvalue weighted by Gasteiger charge is -2.47. The number of aliphatic hydroxyl groups excluding tert-OH is 1. The fourth-order valence-electron chi connectivity index (χ4n) is 4.63. The second kappa shape index (κ2) is 14.0. The Morgan fingerprint density at radius 1 is 1.15 bits per heavy atom. The highest BCUT2D eigenvalue weighted by molar-refractivity contribution is 9.10. The minimum absolute atomic E-state index is 0.310. The number of carbonyl (C=O) groups excluding carboxylic acids is 1. The SMILES string of the molecule is CCNc1cc(C(=O)N[C@@H](Cc2ccccc2)[C@@H](O)CNCc2cc(Br)cs2)cc(N2CCCCS2(O)O)c1. The average molecular weight is 638 g/mol. The van der Waals surface area contributed by atoms with Gasteiger partial charge in [0.2, 0.25) is 0 Å². The summed E-state index contributed by atoms with van der Waals surface area (Å²) in [7, 11) is -2.94. The summed E-state index contributed by atoms with van der Waals surface area (Å²) in [4.78, 5) is 14.7. The van der Waals surface area contributed by atoms with E-state index >= 15 is 0 Å². The van der Waals surface area contributed by atoms with Crippen LogP contribution in [0.2, 0.25) is 0 Å². The Balaban J connectivity index is 1.53. The number of carbonyl (C=O) groups is 1. The number of nitrogens with zero attached hydrogens (tertiary/aromatic N) is 1. The zero-order chi connectivity index (χ0) is 27.8. The van der Waals surface area contributed by atoms with Crippen LogP contribution in [0.1, 0.15) is 40.6 Å². The van der Waals surface area contributed by atoms with E-state index < -0.39 is 22.9 Å². The third-order valence-electron chi connectivity index (χ3n) is 6.59. The number of rotatable bonds is 12. The lowest BCUT2D eigenvalue weighted by atomic mass is 10.00. The molecule has 39 heavy (non-hydrogen) atoms. The maximum atomic E-state index is 13.6. The normalized spacial score (nSPS) is 17.3. The molecule has 3 aromatic rings. The number of anilines is 2. The molecule has 6 N–H and O–H groups in total. The second-order valence-corrected chi connectivity index (χ2v) is 13.7. The summed E-state index contributed by atoms with van der Waals surface area (Å²) in [6.45, 7) is 4.07. The van der Waals surface area contributed by atoms with Gasteiger partial charge in [-0.3, -0.25) is 18.2 Å². The van der Waals surface area contributed by atoms with E-state index in [-0.39, 0.29) is 5.91 Å². The van der Waals surface area contributed by atoms with E-state index in [1.807, 2.05) is 54.8 Å². The van der Waals surface area contributed by atoms with Crippen LogP contribution in [0.25, 0.3) is 0 Å². The van der Waals surface area contributed by atoms with E-state index in [4.69, 9.17) is 0 Å². The zero-order valence-electron chi connectivity index (χ0n) is 22.0. The van der Waals surface area contributed by atoms with E-state index in [2.05, 4.69) is 31.9 Å². The van der Waals surface area contributed by atoms with Crippen molar-refractivity contribution in [3.8, 4) is 0 Å². The molecule has 0 saturated carbocycles. The minimum atomic E-state index is -2.94. The first-order valence-corrected chi connectivity index (χ1v) is 16.5. The van der Waals surface area contributed by atoms with Crippen molar-refractivity contribution in [2.24, 2.45) is 0 Å². The molecule has 4 rings (SSSR count). The fraction of sp³-hybridized carbons (Fsp3) is 0.393. The van der Waals surface area contributed by atoms with E-state index in [1.54, 1.807) is 27.8 Å². The molecule has 2 heterocycles. The molecule has 1 aliphatic rings. The molecule has 0 aliphatic carbocycles. The maximum absolute atomic E-state index is 13.6. The molecule has 8 nitrogen and oxygen atoms in total. The van der Waals surface area contributed by atoms with Gasteiger partial charge in [-0.1, -0.05) is 30.3 Å². The second-order valence-electron chi connectivity index (χ2n) is 9.64. The van der Waals surface area contributed by atoms with Crippen LogP contribution in [-0.4, -0.2) is 57.7 Å². The van der Waals surface area contributed by atoms with Crippen LogP contribution < -0.4 is 20.3 Å². The number of aliphatic hydroxyl groups is 1. The molecule has 2 atom stereocenters. The zero-order valence-corrected chi connectivity index (χ0v) is 25.2. The van der Waals surface area contributed by atoms with Crippen molar-refractivity contribution < 1.29 is 19.0 Å². The molecule has 1 fully saturated rings. The van der Waals surface area contributed by atoms with E-state index in [0.717, 1.165) is 33.4 Å². The van der Waals surface area contributed by atoms with Crippen LogP contribution in [0.4, 0.5) is 11.4 Å². The topological polar surface area (TPSA) is 117 Å². The summed E-state index contributed by atoms with van der Waals surface area (Å²) in [5, 5.41) is 22.8. The third-order valence-corrected chi connectivity index (χ3v) is 10.2. The van der Waals surface area contributed by atoms with Gasteiger partial charge in [-0.25, -0.2) is 0 Å². The molecule has 1 aromatic heterocycles. The maximum Gasteiger partial charge on any atom is 0.251 e. The van der Waals surface area contributed by atoms with Crippen molar-refractivity contribution in [2.75, 3.05) is 35.0 Å². The Kier molecular flexibility index (Phi) is 10.7. The van der Waals surface area contributed by atoms with Gasteiger partial charge in [0.05, 0.1) is 23.6 Å². The minimum Gasteiger partial charge on any atom is -0.390 e. The first-order chi connectivity index (χ1) is 18.7. The smallest absolute Gasteiger partial charge is 0.251 e. The Labute approximate surface area is 244 Å². The molecular formula is C28H37BrN4O4S2. The Morgan fingerprint density at radius 2 is 1.95 bits per heavy atom. The summed E-state index contributed by atoms with van der Waals surface area (Å²) in [5.74, 6) is -0.00700. The van der Waals surface area contributed by atoms with Crippen molar-refractivity contribution in [3.05, 3.63) is 80.5 Å². The predicted octanol–water partition coefficient (Wildman–Crippen LogP) is 5.70. The highest BCUT2D eigenvalue weighted by Crippen LogP contribution is 2.50. The first-order valence-electron chi connectivity index (χ1n) is 13.1. The lowest BCUT2D eigenvalue weighted by Crippen LogP contribution is -2.48. The molecule has 0 spiro atoms. The quantitative estimate of drug-likeness (QED) is 0.151. The van der Waals surface area contributed by atoms with Crippen LogP contribution in [0.15, 0.2) is 64.5 Å². The van der Waals surface area contributed by atoms with E-state index in [0.29, 0.717) is 49.6 Å². The standard InChI is InChI=1S/C28H37BrN4O4S2/c1-2-31-23-13-21(14-24(16-23)33-10-6-7-11-39(33,36)37)28(35)32-26(12-20-8-4-3-5-9-20)27(34)18-30-17-25-15-22(29)19-38-25/h3-5,8-9,13-16,19,26-27,30-31,34,36-37H,2,6-7,10-12,17-18H2,1H3,(H,32,35)/t26-,27-/m0/s1. The summed E-state index contributed by atoms with van der Waals surface area (Å²) in [6, 6.07) is 16.6. The number of amides is 1. The Bertz CT molecular complexity index is 1230. The highest BCUT2D eigenvalue weighted by atomic mass is 79.9. The summed E-state index contributed by atoms with van der Waals surface area (Å²) in [6.07, 6.45) is 1.24. The molecule has 212 valence electrons. The van der Waals surface area contributed by atoms with Crippen LogP contribution in [0, 0.1) is 0 Å². The van der Waals surface area contributed by atoms with Crippen molar-refractivity contribution in [1.29, 1.82) is 0 Å². The average Bonchev–Trinajstić information content (AvgIpc) is 3.33. The largest absolute Gasteiger partial charge is 0.390 e. The van der Waals surface area contributed by atoms with Gasteiger partial charge in [0.15, 0.2) is 0 Å². The van der Waals surface area contributed by atoms with Crippen LogP contribution in [-0.2, 0) is 13.0 Å². The molecule has 0 unspecified atom stereocenters. The van der Waals surface area contributed by atoms with E-state index in [9.17, 15) is 19.0 Å². The first kappa shape index (κ1) is 29.9. The van der Waals surface area contributed by atoms with Crippen molar-refractivity contribution in [2.45, 2.75) is 44.9 Å². The van der Waals surface area contributed by atoms with Crippen molar-refractivity contribution >= 4 is 55.3 Å². The summed E-state index contributed by atoms with van der Waals surface area (Å²) >= 11 is 5.10. The van der Waals surface area contributed by atoms with Gasteiger partial charge in [0.25, 0.3) is 5.91 Å². The van der Waals surface area contributed by atoms with Gasteiger partial charge in [-0.2, -0.15) is 0 Å². The van der Waals surface area contributed by atoms with Gasteiger partial charge in [-0.15, -0.1) is 22.1 Å². The van der Waals surface area contributed by atoms with E-state index in [1.165, 1.54) is 0 Å². The number of thiophene rings is 1. The van der Waals surface area contributed by atoms with Gasteiger partial charge in [0, 0.05) is 52.2 Å².